The number of hydrogen-bond donors (Lipinski definition) is 2. The van der Waals surface area contributed by atoms with Gasteiger partial charge in [0.2, 0.25) is 0 Å². The number of thiazole rings is 1. The van der Waals surface area contributed by atoms with Crippen molar-refractivity contribution in [3.8, 4) is 10.6 Å². The number of nitrogen functional groups attached to an aromatic ring is 1. The topological polar surface area (TPSA) is 50.9 Å². The fourth-order valence-corrected chi connectivity index (χ4v) is 4.32. The Bertz CT molecular complexity index is 549. The summed E-state index contributed by atoms with van der Waals surface area (Å²) in [6, 6.07) is 0. The Morgan fingerprint density at radius 3 is 2.82 bits per heavy atom. The van der Waals surface area contributed by atoms with Crippen molar-refractivity contribution in [2.75, 3.05) is 12.3 Å². The molecule has 0 amide bonds. The number of aromatic nitrogens is 1. The molecule has 0 radical (unpaired) electrons. The van der Waals surface area contributed by atoms with Crippen LogP contribution in [0.5, 0.6) is 0 Å². The quantitative estimate of drug-likeness (QED) is 0.833. The van der Waals surface area contributed by atoms with Gasteiger partial charge in [0.25, 0.3) is 0 Å². The lowest BCUT2D eigenvalue weighted by Gasteiger charge is -2.13. The molecule has 0 fully saturated rings. The molecule has 3 N–H and O–H groups in total. The summed E-state index contributed by atoms with van der Waals surface area (Å²) in [6.45, 7) is 6.17. The number of nitrogens with zero attached hydrogens (tertiary/aromatic N) is 1. The highest BCUT2D eigenvalue weighted by molar-refractivity contribution is 7.18. The van der Waals surface area contributed by atoms with E-state index in [0.29, 0.717) is 0 Å². The predicted octanol–water partition coefficient (Wildman–Crippen LogP) is 2.72. The molecule has 0 unspecified atom stereocenters. The molecule has 0 aliphatic carbocycles. The van der Waals surface area contributed by atoms with Crippen molar-refractivity contribution in [3.05, 3.63) is 21.0 Å². The molecule has 3 nitrogen and oxygen atoms in total. The van der Waals surface area contributed by atoms with E-state index in [-0.39, 0.29) is 0 Å². The average molecular weight is 265 g/mol. The second kappa shape index (κ2) is 4.08. The number of nitrogens with two attached hydrogens (primary N) is 1. The van der Waals surface area contributed by atoms with Crippen molar-refractivity contribution in [3.63, 3.8) is 0 Å². The molecule has 3 rings (SSSR count). The third kappa shape index (κ3) is 1.78. The first-order chi connectivity index (χ1) is 8.16. The molecule has 0 saturated heterocycles. The zero-order chi connectivity index (χ0) is 12.0. The second-order valence-electron chi connectivity index (χ2n) is 4.33. The van der Waals surface area contributed by atoms with Crippen LogP contribution in [0.3, 0.4) is 0 Å². The molecule has 0 aromatic carbocycles. The van der Waals surface area contributed by atoms with Crippen LogP contribution in [0.2, 0.25) is 0 Å². The van der Waals surface area contributed by atoms with E-state index in [2.05, 4.69) is 24.1 Å². The first-order valence-corrected chi connectivity index (χ1v) is 7.35. The summed E-state index contributed by atoms with van der Waals surface area (Å²) in [5.41, 5.74) is 9.91. The van der Waals surface area contributed by atoms with E-state index in [1.807, 2.05) is 0 Å². The van der Waals surface area contributed by atoms with Crippen LogP contribution in [-0.4, -0.2) is 11.5 Å². The van der Waals surface area contributed by atoms with Crippen LogP contribution in [0.1, 0.15) is 21.0 Å². The van der Waals surface area contributed by atoms with Gasteiger partial charge in [0.1, 0.15) is 5.01 Å². The van der Waals surface area contributed by atoms with E-state index >= 15 is 0 Å². The van der Waals surface area contributed by atoms with Crippen LogP contribution in [0.25, 0.3) is 10.6 Å². The van der Waals surface area contributed by atoms with E-state index in [0.717, 1.165) is 35.2 Å². The summed E-state index contributed by atoms with van der Waals surface area (Å²) in [4.78, 5) is 7.32. The van der Waals surface area contributed by atoms with Crippen molar-refractivity contribution in [2.24, 2.45) is 0 Å². The number of nitrogens with one attached hydrogen (secondary N) is 1. The lowest BCUT2D eigenvalue weighted by atomic mass is 10.0. The Morgan fingerprint density at radius 2 is 2.12 bits per heavy atom. The van der Waals surface area contributed by atoms with Gasteiger partial charge in [-0.05, 0) is 32.4 Å². The average Bonchev–Trinajstić information content (AvgIpc) is 2.78. The molecule has 5 heteroatoms. The molecule has 1 aliphatic heterocycles. The summed E-state index contributed by atoms with van der Waals surface area (Å²) in [5.74, 6) is 0. The molecule has 2 aromatic heterocycles. The van der Waals surface area contributed by atoms with Gasteiger partial charge in [0.05, 0.1) is 10.7 Å². The van der Waals surface area contributed by atoms with E-state index in [1.165, 1.54) is 20.9 Å². The molecule has 3 heterocycles. The van der Waals surface area contributed by atoms with Gasteiger partial charge in [-0.1, -0.05) is 0 Å². The maximum absolute atomic E-state index is 6.17. The number of fused-ring (bicyclic) bond motifs is 1. The van der Waals surface area contributed by atoms with Crippen LogP contribution in [-0.2, 0) is 13.0 Å². The van der Waals surface area contributed by atoms with E-state index in [9.17, 15) is 0 Å². The van der Waals surface area contributed by atoms with Crippen molar-refractivity contribution in [2.45, 2.75) is 26.8 Å². The summed E-state index contributed by atoms with van der Waals surface area (Å²) < 4.78 is 0. The Morgan fingerprint density at radius 1 is 1.29 bits per heavy atom. The summed E-state index contributed by atoms with van der Waals surface area (Å²) >= 11 is 3.46. The van der Waals surface area contributed by atoms with Gasteiger partial charge < -0.3 is 11.1 Å². The molecule has 1 aliphatic rings. The van der Waals surface area contributed by atoms with Gasteiger partial charge in [-0.2, -0.15) is 0 Å². The van der Waals surface area contributed by atoms with Gasteiger partial charge in [0.15, 0.2) is 0 Å². The minimum absolute atomic E-state index is 0.924. The van der Waals surface area contributed by atoms with Crippen molar-refractivity contribution >= 4 is 27.7 Å². The fourth-order valence-electron chi connectivity index (χ4n) is 2.17. The molecule has 0 bridgehead atoms. The number of rotatable bonds is 1. The molecule has 2 aromatic rings. The first-order valence-electron chi connectivity index (χ1n) is 5.72. The van der Waals surface area contributed by atoms with Crippen LogP contribution in [0.15, 0.2) is 0 Å². The summed E-state index contributed by atoms with van der Waals surface area (Å²) in [5, 5.41) is 5.41. The highest BCUT2D eigenvalue weighted by atomic mass is 32.1. The molecule has 0 spiro atoms. The van der Waals surface area contributed by atoms with Gasteiger partial charge in [-0.3, -0.25) is 0 Å². The smallest absolute Gasteiger partial charge is 0.127 e. The lowest BCUT2D eigenvalue weighted by molar-refractivity contribution is 0.655. The van der Waals surface area contributed by atoms with Crippen LogP contribution >= 0.6 is 22.7 Å². The predicted molar refractivity (Wildman–Crippen MR) is 74.7 cm³/mol. The minimum atomic E-state index is 0.924. The molecular formula is C12H15N3S2. The fraction of sp³-hybridized carbons (Fsp3) is 0.417. The Labute approximate surface area is 109 Å². The number of hydrogen-bond acceptors (Lipinski definition) is 5. The van der Waals surface area contributed by atoms with Crippen molar-refractivity contribution < 1.29 is 0 Å². The second-order valence-corrected chi connectivity index (χ2v) is 6.67. The van der Waals surface area contributed by atoms with Gasteiger partial charge in [-0.25, -0.2) is 4.98 Å². The SMILES string of the molecule is Cc1nc(-c2c(N)sc3c2CCNC3)sc1C. The maximum atomic E-state index is 6.17. The molecule has 0 saturated carbocycles. The summed E-state index contributed by atoms with van der Waals surface area (Å²) in [6.07, 6.45) is 1.07. The van der Waals surface area contributed by atoms with E-state index in [1.54, 1.807) is 22.7 Å². The monoisotopic (exact) mass is 265 g/mol. The van der Waals surface area contributed by atoms with Crippen LogP contribution < -0.4 is 11.1 Å². The third-order valence-electron chi connectivity index (χ3n) is 3.20. The Hall–Kier alpha value is -0.910. The first kappa shape index (κ1) is 11.2. The van der Waals surface area contributed by atoms with Crippen molar-refractivity contribution in [1.29, 1.82) is 0 Å². The van der Waals surface area contributed by atoms with Crippen molar-refractivity contribution in [1.82, 2.24) is 10.3 Å². The van der Waals surface area contributed by atoms with Gasteiger partial charge in [-0.15, -0.1) is 22.7 Å². The number of thiophene rings is 1. The standard InChI is InChI=1S/C12H15N3S2/c1-6-7(2)16-12(15-6)10-8-3-4-14-5-9(8)17-11(10)13/h14H,3-5,13H2,1-2H3. The van der Waals surface area contributed by atoms with Crippen LogP contribution in [0, 0.1) is 13.8 Å². The minimum Gasteiger partial charge on any atom is -0.390 e. The zero-order valence-corrected chi connectivity index (χ0v) is 11.6. The van der Waals surface area contributed by atoms with Gasteiger partial charge >= 0.3 is 0 Å². The Kier molecular flexibility index (Phi) is 2.69. The summed E-state index contributed by atoms with van der Waals surface area (Å²) in [7, 11) is 0. The molecule has 0 atom stereocenters. The molecule has 90 valence electrons. The van der Waals surface area contributed by atoms with E-state index in [4.69, 9.17) is 5.73 Å². The Balaban J connectivity index is 2.16. The largest absolute Gasteiger partial charge is 0.390 e. The van der Waals surface area contributed by atoms with Crippen LogP contribution in [0.4, 0.5) is 5.00 Å². The van der Waals surface area contributed by atoms with Gasteiger partial charge in [0, 0.05) is 21.9 Å². The van der Waals surface area contributed by atoms with E-state index < -0.39 is 0 Å². The molecule has 17 heavy (non-hydrogen) atoms. The maximum Gasteiger partial charge on any atom is 0.127 e. The lowest BCUT2D eigenvalue weighted by Crippen LogP contribution is -2.22. The normalized spacial score (nSPS) is 14.9. The zero-order valence-electron chi connectivity index (χ0n) is 9.96. The highest BCUT2D eigenvalue weighted by Crippen LogP contribution is 2.42. The number of anilines is 1. The number of aryl methyl sites for hydroxylation is 2. The molecular weight excluding hydrogens is 250 g/mol. The highest BCUT2D eigenvalue weighted by Gasteiger charge is 2.22. The third-order valence-corrected chi connectivity index (χ3v) is 5.35.